The Morgan fingerprint density at radius 1 is 1.26 bits per heavy atom. The Bertz CT molecular complexity index is 427. The van der Waals surface area contributed by atoms with Crippen LogP contribution in [0.5, 0.6) is 0 Å². The molecule has 1 amide bonds. The van der Waals surface area contributed by atoms with Crippen LogP contribution in [0.1, 0.15) is 44.7 Å². The Morgan fingerprint density at radius 3 is 2.53 bits per heavy atom. The lowest BCUT2D eigenvalue weighted by atomic mass is 9.97. The fourth-order valence-corrected chi connectivity index (χ4v) is 2.04. The second-order valence-electron chi connectivity index (χ2n) is 5.39. The molecule has 0 heterocycles. The van der Waals surface area contributed by atoms with Crippen molar-refractivity contribution in [3.63, 3.8) is 0 Å². The molecule has 0 fully saturated rings. The van der Waals surface area contributed by atoms with Gasteiger partial charge in [0.25, 0.3) is 0 Å². The standard InChI is InChI=1S/C16H26N2O/c1-6-17-10-13(5)16(19)18-15-12(4)8-7-9-14(15)11(2)3/h7-9,11,13,17H,6,10H2,1-5H3,(H,18,19). The summed E-state index contributed by atoms with van der Waals surface area (Å²) in [4.78, 5) is 12.2. The first-order valence-electron chi connectivity index (χ1n) is 7.08. The summed E-state index contributed by atoms with van der Waals surface area (Å²) in [7, 11) is 0. The van der Waals surface area contributed by atoms with Crippen molar-refractivity contribution in [1.82, 2.24) is 5.32 Å². The van der Waals surface area contributed by atoms with Gasteiger partial charge in [0.15, 0.2) is 0 Å². The second-order valence-corrected chi connectivity index (χ2v) is 5.39. The van der Waals surface area contributed by atoms with Gasteiger partial charge in [-0.3, -0.25) is 4.79 Å². The molecule has 1 rings (SSSR count). The number of para-hydroxylation sites is 1. The van der Waals surface area contributed by atoms with Crippen molar-refractivity contribution < 1.29 is 4.79 Å². The molecule has 106 valence electrons. The van der Waals surface area contributed by atoms with E-state index in [0.717, 1.165) is 17.8 Å². The van der Waals surface area contributed by atoms with Crippen molar-refractivity contribution in [1.29, 1.82) is 0 Å². The third-order valence-corrected chi connectivity index (χ3v) is 3.32. The Balaban J connectivity index is 2.84. The number of benzene rings is 1. The minimum atomic E-state index is -0.0282. The van der Waals surface area contributed by atoms with Crippen molar-refractivity contribution in [3.05, 3.63) is 29.3 Å². The van der Waals surface area contributed by atoms with Crippen molar-refractivity contribution in [3.8, 4) is 0 Å². The Labute approximate surface area is 116 Å². The number of aryl methyl sites for hydroxylation is 1. The van der Waals surface area contributed by atoms with Gasteiger partial charge in [0, 0.05) is 18.2 Å². The molecule has 19 heavy (non-hydrogen) atoms. The minimum Gasteiger partial charge on any atom is -0.325 e. The molecule has 1 aromatic rings. The molecule has 0 radical (unpaired) electrons. The van der Waals surface area contributed by atoms with Crippen LogP contribution in [0.4, 0.5) is 5.69 Å². The zero-order valence-corrected chi connectivity index (χ0v) is 12.7. The second kappa shape index (κ2) is 7.29. The molecule has 1 unspecified atom stereocenters. The van der Waals surface area contributed by atoms with E-state index < -0.39 is 0 Å². The van der Waals surface area contributed by atoms with Crippen LogP contribution in [0.25, 0.3) is 0 Å². The van der Waals surface area contributed by atoms with Gasteiger partial charge in [0.05, 0.1) is 0 Å². The molecule has 0 bridgehead atoms. The number of amides is 1. The smallest absolute Gasteiger partial charge is 0.228 e. The molecule has 0 aliphatic carbocycles. The highest BCUT2D eigenvalue weighted by Crippen LogP contribution is 2.27. The maximum atomic E-state index is 12.2. The van der Waals surface area contributed by atoms with Gasteiger partial charge in [-0.05, 0) is 30.5 Å². The van der Waals surface area contributed by atoms with Gasteiger partial charge in [0.2, 0.25) is 5.91 Å². The van der Waals surface area contributed by atoms with E-state index in [9.17, 15) is 4.79 Å². The number of anilines is 1. The zero-order valence-electron chi connectivity index (χ0n) is 12.7. The molecule has 0 spiro atoms. The molecule has 0 aromatic heterocycles. The predicted molar refractivity (Wildman–Crippen MR) is 81.6 cm³/mol. The molecule has 3 heteroatoms. The minimum absolute atomic E-state index is 0.0282. The highest BCUT2D eigenvalue weighted by Gasteiger charge is 2.16. The first kappa shape index (κ1) is 15.7. The van der Waals surface area contributed by atoms with Crippen LogP contribution < -0.4 is 10.6 Å². The number of hydrogen-bond donors (Lipinski definition) is 2. The topological polar surface area (TPSA) is 41.1 Å². The molecular weight excluding hydrogens is 236 g/mol. The molecular formula is C16H26N2O. The summed E-state index contributed by atoms with van der Waals surface area (Å²) in [6.07, 6.45) is 0. The van der Waals surface area contributed by atoms with E-state index in [2.05, 4.69) is 30.5 Å². The zero-order chi connectivity index (χ0) is 14.4. The van der Waals surface area contributed by atoms with Gasteiger partial charge in [-0.1, -0.05) is 45.9 Å². The Morgan fingerprint density at radius 2 is 1.95 bits per heavy atom. The van der Waals surface area contributed by atoms with Crippen LogP contribution in [0.2, 0.25) is 0 Å². The molecule has 0 aliphatic rings. The van der Waals surface area contributed by atoms with Crippen molar-refractivity contribution in [2.75, 3.05) is 18.4 Å². The molecule has 2 N–H and O–H groups in total. The van der Waals surface area contributed by atoms with Crippen LogP contribution in [-0.2, 0) is 4.79 Å². The van der Waals surface area contributed by atoms with Crippen molar-refractivity contribution >= 4 is 11.6 Å². The van der Waals surface area contributed by atoms with E-state index in [1.54, 1.807) is 0 Å². The van der Waals surface area contributed by atoms with Gasteiger partial charge in [-0.2, -0.15) is 0 Å². The molecule has 3 nitrogen and oxygen atoms in total. The first-order chi connectivity index (χ1) is 8.97. The predicted octanol–water partition coefficient (Wildman–Crippen LogP) is 3.30. The Kier molecular flexibility index (Phi) is 6.03. The quantitative estimate of drug-likeness (QED) is 0.826. The molecule has 0 saturated heterocycles. The normalized spacial score (nSPS) is 12.5. The number of carbonyl (C=O) groups excluding carboxylic acids is 1. The number of carbonyl (C=O) groups is 1. The van der Waals surface area contributed by atoms with E-state index in [4.69, 9.17) is 0 Å². The average molecular weight is 262 g/mol. The fraction of sp³-hybridized carbons (Fsp3) is 0.562. The first-order valence-corrected chi connectivity index (χ1v) is 7.08. The van der Waals surface area contributed by atoms with Gasteiger partial charge < -0.3 is 10.6 Å². The summed E-state index contributed by atoms with van der Waals surface area (Å²) in [6, 6.07) is 6.17. The third kappa shape index (κ3) is 4.35. The van der Waals surface area contributed by atoms with Crippen molar-refractivity contribution in [2.24, 2.45) is 5.92 Å². The Hall–Kier alpha value is -1.35. The van der Waals surface area contributed by atoms with E-state index in [0.29, 0.717) is 12.5 Å². The van der Waals surface area contributed by atoms with Crippen LogP contribution in [0.3, 0.4) is 0 Å². The average Bonchev–Trinajstić information content (AvgIpc) is 2.37. The monoisotopic (exact) mass is 262 g/mol. The van der Waals surface area contributed by atoms with Gasteiger partial charge in [-0.15, -0.1) is 0 Å². The maximum absolute atomic E-state index is 12.2. The fourth-order valence-electron chi connectivity index (χ4n) is 2.04. The van der Waals surface area contributed by atoms with Crippen LogP contribution in [-0.4, -0.2) is 19.0 Å². The molecule has 0 saturated carbocycles. The number of hydrogen-bond acceptors (Lipinski definition) is 2. The van der Waals surface area contributed by atoms with Gasteiger partial charge in [0.1, 0.15) is 0 Å². The van der Waals surface area contributed by atoms with E-state index in [-0.39, 0.29) is 11.8 Å². The lowest BCUT2D eigenvalue weighted by Crippen LogP contribution is -2.30. The highest BCUT2D eigenvalue weighted by atomic mass is 16.1. The van der Waals surface area contributed by atoms with Gasteiger partial charge in [-0.25, -0.2) is 0 Å². The number of rotatable bonds is 6. The lowest BCUT2D eigenvalue weighted by Gasteiger charge is -2.19. The van der Waals surface area contributed by atoms with Crippen LogP contribution in [0, 0.1) is 12.8 Å². The molecule has 1 aromatic carbocycles. The van der Waals surface area contributed by atoms with Gasteiger partial charge >= 0.3 is 0 Å². The highest BCUT2D eigenvalue weighted by molar-refractivity contribution is 5.94. The largest absolute Gasteiger partial charge is 0.325 e. The van der Waals surface area contributed by atoms with Crippen LogP contribution >= 0.6 is 0 Å². The summed E-state index contributed by atoms with van der Waals surface area (Å²) in [5.74, 6) is 0.455. The van der Waals surface area contributed by atoms with Crippen molar-refractivity contribution in [2.45, 2.75) is 40.5 Å². The SMILES string of the molecule is CCNCC(C)C(=O)Nc1c(C)cccc1C(C)C. The third-order valence-electron chi connectivity index (χ3n) is 3.32. The lowest BCUT2D eigenvalue weighted by molar-refractivity contribution is -0.119. The van der Waals surface area contributed by atoms with Crippen LogP contribution in [0.15, 0.2) is 18.2 Å². The van der Waals surface area contributed by atoms with E-state index in [1.807, 2.05) is 32.9 Å². The summed E-state index contributed by atoms with van der Waals surface area (Å²) in [6.45, 7) is 11.9. The summed E-state index contributed by atoms with van der Waals surface area (Å²) in [5, 5.41) is 6.30. The maximum Gasteiger partial charge on any atom is 0.228 e. The van der Waals surface area contributed by atoms with E-state index >= 15 is 0 Å². The summed E-state index contributed by atoms with van der Waals surface area (Å²) in [5.41, 5.74) is 3.30. The molecule has 1 atom stereocenters. The van der Waals surface area contributed by atoms with E-state index in [1.165, 1.54) is 5.56 Å². The summed E-state index contributed by atoms with van der Waals surface area (Å²) < 4.78 is 0. The molecule has 0 aliphatic heterocycles. The number of nitrogens with one attached hydrogen (secondary N) is 2. The summed E-state index contributed by atoms with van der Waals surface area (Å²) >= 11 is 0.